The maximum absolute atomic E-state index is 12.7. The van der Waals surface area contributed by atoms with Gasteiger partial charge in [0.05, 0.1) is 18.9 Å². The minimum atomic E-state index is -5.08. The summed E-state index contributed by atoms with van der Waals surface area (Å²) in [5, 5.41) is 13.1. The molecule has 0 radical (unpaired) electrons. The molecular weight excluding hydrogens is 453 g/mol. The molecule has 0 aromatic rings. The summed E-state index contributed by atoms with van der Waals surface area (Å²) in [6, 6.07) is -0.834. The van der Waals surface area contributed by atoms with Gasteiger partial charge in [-0.2, -0.15) is 13.2 Å². The van der Waals surface area contributed by atoms with Gasteiger partial charge in [-0.15, -0.1) is 0 Å². The Kier molecular flexibility index (Phi) is 8.83. The molecule has 0 spiro atoms. The smallest absolute Gasteiger partial charge is 0.475 e. The molecule has 4 atom stereocenters. The molecule has 2 fully saturated rings. The van der Waals surface area contributed by atoms with Gasteiger partial charge in [-0.1, -0.05) is 6.92 Å². The number of nitrogens with zero attached hydrogens (tertiary/aromatic N) is 2. The van der Waals surface area contributed by atoms with Crippen LogP contribution in [0.5, 0.6) is 0 Å². The number of fused-ring (bicyclic) bond motifs is 1. The zero-order chi connectivity index (χ0) is 25.9. The number of amides is 4. The van der Waals surface area contributed by atoms with Crippen LogP contribution in [0.25, 0.3) is 0 Å². The average molecular weight is 482 g/mol. The van der Waals surface area contributed by atoms with Crippen molar-refractivity contribution in [1.29, 1.82) is 0 Å². The topological polar surface area (TPSA) is 145 Å². The lowest BCUT2D eigenvalue weighted by Gasteiger charge is -2.31. The third kappa shape index (κ3) is 5.72. The van der Waals surface area contributed by atoms with E-state index in [4.69, 9.17) is 14.6 Å². The van der Waals surface area contributed by atoms with Crippen LogP contribution in [0, 0.1) is 11.8 Å². The van der Waals surface area contributed by atoms with Crippen molar-refractivity contribution >= 4 is 29.8 Å². The third-order valence-electron chi connectivity index (χ3n) is 5.56. The van der Waals surface area contributed by atoms with Gasteiger partial charge in [-0.25, -0.2) is 9.59 Å². The Bertz CT molecular complexity index is 805. The molecule has 2 aliphatic rings. The van der Waals surface area contributed by atoms with Crippen molar-refractivity contribution in [3.8, 4) is 0 Å². The molecule has 0 saturated carbocycles. The van der Waals surface area contributed by atoms with Crippen molar-refractivity contribution in [1.82, 2.24) is 20.4 Å². The van der Waals surface area contributed by atoms with E-state index in [0.29, 0.717) is 6.42 Å². The Balaban J connectivity index is 0.000000675. The predicted octanol–water partition coefficient (Wildman–Crippen LogP) is 0.194. The molecular formula is C19H29F3N4O7. The zero-order valence-corrected chi connectivity index (χ0v) is 19.1. The number of esters is 1. The number of carboxylic acid groups (broad SMARTS) is 1. The van der Waals surface area contributed by atoms with Gasteiger partial charge in [0.25, 0.3) is 0 Å². The summed E-state index contributed by atoms with van der Waals surface area (Å²) in [6.07, 6.45) is -4.79. The molecule has 188 valence electrons. The van der Waals surface area contributed by atoms with Crippen LogP contribution in [0.3, 0.4) is 0 Å². The van der Waals surface area contributed by atoms with E-state index in [1.165, 1.54) is 19.1 Å². The van der Waals surface area contributed by atoms with E-state index in [1.807, 2.05) is 13.8 Å². The van der Waals surface area contributed by atoms with Crippen molar-refractivity contribution in [3.63, 3.8) is 0 Å². The summed E-state index contributed by atoms with van der Waals surface area (Å²) in [7, 11) is 4.30. The van der Waals surface area contributed by atoms with E-state index in [2.05, 4.69) is 10.6 Å². The van der Waals surface area contributed by atoms with E-state index in [0.717, 1.165) is 4.90 Å². The number of rotatable bonds is 5. The molecule has 3 N–H and O–H groups in total. The van der Waals surface area contributed by atoms with Crippen LogP contribution < -0.4 is 10.6 Å². The Labute approximate surface area is 188 Å². The number of ether oxygens (including phenoxy) is 1. The van der Waals surface area contributed by atoms with Crippen LogP contribution in [0.4, 0.5) is 18.0 Å². The minimum Gasteiger partial charge on any atom is -0.475 e. The molecule has 0 aromatic heterocycles. The first kappa shape index (κ1) is 28.1. The molecule has 2 heterocycles. The van der Waals surface area contributed by atoms with Crippen molar-refractivity contribution in [2.24, 2.45) is 11.8 Å². The minimum absolute atomic E-state index is 0.0279. The number of likely N-dealkylation sites (tertiary alicyclic amines) is 1. The summed E-state index contributed by atoms with van der Waals surface area (Å²) in [4.78, 5) is 61.5. The molecule has 0 bridgehead atoms. The molecule has 4 amide bonds. The van der Waals surface area contributed by atoms with Crippen LogP contribution in [0.15, 0.2) is 0 Å². The molecule has 14 heteroatoms. The van der Waals surface area contributed by atoms with Gasteiger partial charge in [0, 0.05) is 32.7 Å². The zero-order valence-electron chi connectivity index (χ0n) is 19.1. The Morgan fingerprint density at radius 2 is 1.79 bits per heavy atom. The van der Waals surface area contributed by atoms with Gasteiger partial charge in [0.15, 0.2) is 0 Å². The second-order valence-electron chi connectivity index (χ2n) is 8.09. The molecule has 0 unspecified atom stereocenters. The first-order valence-electron chi connectivity index (χ1n) is 10.0. The number of aliphatic carboxylic acids is 1. The van der Waals surface area contributed by atoms with Crippen LogP contribution in [0.2, 0.25) is 0 Å². The monoisotopic (exact) mass is 482 g/mol. The summed E-state index contributed by atoms with van der Waals surface area (Å²) in [5.41, 5.74) is -1.27. The molecule has 33 heavy (non-hydrogen) atoms. The van der Waals surface area contributed by atoms with Gasteiger partial charge in [-0.3, -0.25) is 24.6 Å². The number of likely N-dealkylation sites (N-methyl/N-ethyl adjacent to an activating group) is 1. The number of alkyl halides is 3. The number of halogens is 3. The van der Waals surface area contributed by atoms with Gasteiger partial charge in [0.1, 0.15) is 5.54 Å². The molecule has 2 aliphatic heterocycles. The number of imide groups is 1. The van der Waals surface area contributed by atoms with Gasteiger partial charge in [0.2, 0.25) is 11.8 Å². The summed E-state index contributed by atoms with van der Waals surface area (Å²) in [5.74, 6) is -5.59. The molecule has 2 saturated heterocycles. The average Bonchev–Trinajstić information content (AvgIpc) is 3.16. The highest BCUT2D eigenvalue weighted by molar-refractivity contribution is 6.09. The van der Waals surface area contributed by atoms with Crippen LogP contribution in [-0.4, -0.2) is 96.2 Å². The summed E-state index contributed by atoms with van der Waals surface area (Å²) < 4.78 is 36.7. The van der Waals surface area contributed by atoms with Crippen LogP contribution in [-0.2, 0) is 23.9 Å². The first-order chi connectivity index (χ1) is 15.0. The van der Waals surface area contributed by atoms with Gasteiger partial charge < -0.3 is 20.1 Å². The molecule has 11 nitrogen and oxygen atoms in total. The normalized spacial score (nSPS) is 26.5. The molecule has 0 aromatic carbocycles. The number of carbonyl (C=O) groups excluding carboxylic acids is 4. The largest absolute Gasteiger partial charge is 0.490 e. The molecule has 2 rings (SSSR count). The number of nitrogens with one attached hydrogen (secondary N) is 2. The number of hydrogen-bond acceptors (Lipinski definition) is 7. The number of hydrogen-bond donors (Lipinski definition) is 3. The predicted molar refractivity (Wildman–Crippen MR) is 107 cm³/mol. The summed E-state index contributed by atoms with van der Waals surface area (Å²) >= 11 is 0. The number of urea groups is 1. The fourth-order valence-electron chi connectivity index (χ4n) is 4.00. The highest BCUT2D eigenvalue weighted by Gasteiger charge is 2.67. The van der Waals surface area contributed by atoms with Gasteiger partial charge >= 0.3 is 24.1 Å². The maximum atomic E-state index is 12.7. The van der Waals surface area contributed by atoms with Crippen molar-refractivity contribution < 1.29 is 47.0 Å². The van der Waals surface area contributed by atoms with Gasteiger partial charge in [-0.05, 0) is 20.3 Å². The third-order valence-corrected chi connectivity index (χ3v) is 5.56. The second kappa shape index (κ2) is 10.4. The van der Waals surface area contributed by atoms with Crippen LogP contribution >= 0.6 is 0 Å². The lowest BCUT2D eigenvalue weighted by Crippen LogP contribution is -2.58. The lowest BCUT2D eigenvalue weighted by molar-refractivity contribution is -0.192. The van der Waals surface area contributed by atoms with Crippen LogP contribution in [0.1, 0.15) is 27.2 Å². The maximum Gasteiger partial charge on any atom is 0.490 e. The number of carbonyl (C=O) groups is 5. The Morgan fingerprint density at radius 1 is 1.27 bits per heavy atom. The Morgan fingerprint density at radius 3 is 2.18 bits per heavy atom. The summed E-state index contributed by atoms with van der Waals surface area (Å²) in [6.45, 7) is 5.66. The lowest BCUT2D eigenvalue weighted by atomic mass is 9.78. The van der Waals surface area contributed by atoms with E-state index < -0.39 is 47.4 Å². The number of methoxy groups -OCH3 is 1. The van der Waals surface area contributed by atoms with E-state index in [9.17, 15) is 32.3 Å². The standard InChI is InChI=1S/C17H28N4O5.C2HF3O2/c1-7-17(15(24)26-6)12-11(13(22)21(5)14(12)23)10(19-17)8-20(4)16(25)18-9(2)3;3-2(4,5)1(6)7/h9-12,19H,7-8H2,1-6H3,(H,18,25);(H,6,7)/t10-,11+,12-,17-;/m1./s1. The SMILES string of the molecule is CC[C@@]1(C(=O)OC)N[C@H](CN(C)C(=O)NC(C)C)[C@@H]2C(=O)N(C)C(=O)[C@@H]21.O=C(O)C(F)(F)F. The van der Waals surface area contributed by atoms with E-state index in [1.54, 1.807) is 14.0 Å². The fourth-order valence-corrected chi connectivity index (χ4v) is 4.00. The quantitative estimate of drug-likeness (QED) is 0.372. The van der Waals surface area contributed by atoms with Crippen molar-refractivity contribution in [3.05, 3.63) is 0 Å². The second-order valence-corrected chi connectivity index (χ2v) is 8.09. The highest BCUT2D eigenvalue weighted by atomic mass is 19.4. The van der Waals surface area contributed by atoms with Crippen molar-refractivity contribution in [2.75, 3.05) is 27.7 Å². The highest BCUT2D eigenvalue weighted by Crippen LogP contribution is 2.44. The van der Waals surface area contributed by atoms with Crippen molar-refractivity contribution in [2.45, 2.75) is 51.0 Å². The van der Waals surface area contributed by atoms with E-state index in [-0.39, 0.29) is 24.5 Å². The fraction of sp³-hybridized carbons (Fsp3) is 0.737. The van der Waals surface area contributed by atoms with E-state index >= 15 is 0 Å². The first-order valence-corrected chi connectivity index (χ1v) is 10.0. The number of carboxylic acids is 1. The Hall–Kier alpha value is -2.90. The molecule has 0 aliphatic carbocycles.